The van der Waals surface area contributed by atoms with E-state index in [2.05, 4.69) is 5.32 Å². The molecule has 2 fully saturated rings. The molecule has 2 atom stereocenters. The first-order valence-electron chi connectivity index (χ1n) is 6.11. The summed E-state index contributed by atoms with van der Waals surface area (Å²) in [4.78, 5) is 11.4. The molecule has 1 saturated heterocycles. The quantitative estimate of drug-likeness (QED) is 0.722. The second-order valence-corrected chi connectivity index (χ2v) is 4.94. The van der Waals surface area contributed by atoms with Crippen LogP contribution >= 0.6 is 0 Å². The molecule has 86 valence electrons. The Hall–Kier alpha value is -0.570. The zero-order valence-electron chi connectivity index (χ0n) is 9.50. The maximum absolute atomic E-state index is 11.4. The second-order valence-electron chi connectivity index (χ2n) is 4.94. The van der Waals surface area contributed by atoms with E-state index >= 15 is 0 Å². The van der Waals surface area contributed by atoms with Crippen molar-refractivity contribution in [2.24, 2.45) is 11.8 Å². The summed E-state index contributed by atoms with van der Waals surface area (Å²) < 4.78 is 4.77. The predicted molar refractivity (Wildman–Crippen MR) is 58.5 cm³/mol. The first kappa shape index (κ1) is 10.9. The van der Waals surface area contributed by atoms with Crippen molar-refractivity contribution < 1.29 is 9.53 Å². The van der Waals surface area contributed by atoms with E-state index in [0.29, 0.717) is 0 Å². The first-order valence-corrected chi connectivity index (χ1v) is 6.11. The summed E-state index contributed by atoms with van der Waals surface area (Å²) in [7, 11) is 1.47. The normalized spacial score (nSPS) is 32.1. The molecule has 0 spiro atoms. The Kier molecular flexibility index (Phi) is 3.62. The minimum Gasteiger partial charge on any atom is -0.468 e. The Morgan fingerprint density at radius 2 is 1.87 bits per heavy atom. The van der Waals surface area contributed by atoms with Crippen LogP contribution in [0.5, 0.6) is 0 Å². The highest BCUT2D eigenvalue weighted by Crippen LogP contribution is 2.38. The number of carbonyl (C=O) groups is 1. The smallest absolute Gasteiger partial charge is 0.322 e. The zero-order valence-corrected chi connectivity index (χ0v) is 9.50. The molecule has 3 nitrogen and oxygen atoms in total. The molecule has 0 bridgehead atoms. The van der Waals surface area contributed by atoms with Gasteiger partial charge >= 0.3 is 5.97 Å². The largest absolute Gasteiger partial charge is 0.468 e. The molecular formula is C12H21NO2. The van der Waals surface area contributed by atoms with Gasteiger partial charge in [0.25, 0.3) is 0 Å². The van der Waals surface area contributed by atoms with Crippen LogP contribution < -0.4 is 5.32 Å². The lowest BCUT2D eigenvalue weighted by atomic mass is 9.93. The van der Waals surface area contributed by atoms with Crippen molar-refractivity contribution in [1.82, 2.24) is 5.32 Å². The molecule has 1 saturated carbocycles. The van der Waals surface area contributed by atoms with Crippen LogP contribution in [0.3, 0.4) is 0 Å². The van der Waals surface area contributed by atoms with E-state index in [0.717, 1.165) is 24.8 Å². The number of esters is 1. The Morgan fingerprint density at radius 3 is 2.53 bits per heavy atom. The van der Waals surface area contributed by atoms with Gasteiger partial charge in [-0.05, 0) is 44.1 Å². The van der Waals surface area contributed by atoms with E-state index < -0.39 is 0 Å². The molecule has 15 heavy (non-hydrogen) atoms. The monoisotopic (exact) mass is 211 g/mol. The van der Waals surface area contributed by atoms with Crippen molar-refractivity contribution in [3.63, 3.8) is 0 Å². The van der Waals surface area contributed by atoms with E-state index in [9.17, 15) is 4.79 Å². The minimum atomic E-state index is -0.0953. The van der Waals surface area contributed by atoms with Crippen molar-refractivity contribution in [2.75, 3.05) is 13.7 Å². The van der Waals surface area contributed by atoms with Gasteiger partial charge in [0, 0.05) is 0 Å². The SMILES string of the molecule is COC(=O)[C@@H]1CCC(CC2CC2)CCN1. The highest BCUT2D eigenvalue weighted by molar-refractivity contribution is 5.75. The van der Waals surface area contributed by atoms with Crippen LogP contribution in [0.2, 0.25) is 0 Å². The maximum atomic E-state index is 11.4. The molecule has 3 heteroatoms. The van der Waals surface area contributed by atoms with Gasteiger partial charge in [0.05, 0.1) is 7.11 Å². The van der Waals surface area contributed by atoms with Gasteiger partial charge in [-0.3, -0.25) is 4.79 Å². The Balaban J connectivity index is 1.77. The topological polar surface area (TPSA) is 38.3 Å². The van der Waals surface area contributed by atoms with Gasteiger partial charge in [-0.25, -0.2) is 0 Å². The number of hydrogen-bond acceptors (Lipinski definition) is 3. The molecule has 0 radical (unpaired) electrons. The summed E-state index contributed by atoms with van der Waals surface area (Å²) in [5.41, 5.74) is 0. The fraction of sp³-hybridized carbons (Fsp3) is 0.917. The van der Waals surface area contributed by atoms with Crippen molar-refractivity contribution in [3.8, 4) is 0 Å². The fourth-order valence-electron chi connectivity index (χ4n) is 2.51. The van der Waals surface area contributed by atoms with Crippen LogP contribution in [0.1, 0.15) is 38.5 Å². The van der Waals surface area contributed by atoms with Gasteiger partial charge < -0.3 is 10.1 Å². The second kappa shape index (κ2) is 4.97. The number of ether oxygens (including phenoxy) is 1. The van der Waals surface area contributed by atoms with Crippen molar-refractivity contribution >= 4 is 5.97 Å². The third kappa shape index (κ3) is 3.20. The average Bonchev–Trinajstić information content (AvgIpc) is 3.05. The molecule has 0 amide bonds. The lowest BCUT2D eigenvalue weighted by molar-refractivity contribution is -0.143. The Bertz CT molecular complexity index is 226. The molecule has 1 unspecified atom stereocenters. The van der Waals surface area contributed by atoms with E-state index in [4.69, 9.17) is 4.74 Å². The molecule has 0 aromatic heterocycles. The number of carbonyl (C=O) groups excluding carboxylic acids is 1. The fourth-order valence-corrected chi connectivity index (χ4v) is 2.51. The predicted octanol–water partition coefficient (Wildman–Crippen LogP) is 1.72. The van der Waals surface area contributed by atoms with Gasteiger partial charge in [-0.15, -0.1) is 0 Å². The lowest BCUT2D eigenvalue weighted by Gasteiger charge is -2.13. The van der Waals surface area contributed by atoms with Gasteiger partial charge in [0.15, 0.2) is 0 Å². The van der Waals surface area contributed by atoms with E-state index in [-0.39, 0.29) is 12.0 Å². The van der Waals surface area contributed by atoms with Gasteiger partial charge in [-0.1, -0.05) is 12.8 Å². The van der Waals surface area contributed by atoms with E-state index in [1.54, 1.807) is 0 Å². The van der Waals surface area contributed by atoms with Crippen LogP contribution in [-0.2, 0) is 9.53 Å². The zero-order chi connectivity index (χ0) is 10.7. The summed E-state index contributed by atoms with van der Waals surface area (Å²) >= 11 is 0. The maximum Gasteiger partial charge on any atom is 0.322 e. The highest BCUT2D eigenvalue weighted by Gasteiger charge is 2.29. The van der Waals surface area contributed by atoms with Crippen LogP contribution in [-0.4, -0.2) is 25.7 Å². The van der Waals surface area contributed by atoms with Gasteiger partial charge in [-0.2, -0.15) is 0 Å². The van der Waals surface area contributed by atoms with Crippen molar-refractivity contribution in [2.45, 2.75) is 44.6 Å². The molecule has 1 N–H and O–H groups in total. The number of rotatable bonds is 3. The Labute approximate surface area is 91.6 Å². The summed E-state index contributed by atoms with van der Waals surface area (Å²) in [5, 5.41) is 3.28. The third-order valence-electron chi connectivity index (χ3n) is 3.66. The first-order chi connectivity index (χ1) is 7.29. The van der Waals surface area contributed by atoms with Crippen LogP contribution in [0, 0.1) is 11.8 Å². The molecule has 2 aliphatic rings. The lowest BCUT2D eigenvalue weighted by Crippen LogP contribution is -2.36. The summed E-state index contributed by atoms with van der Waals surface area (Å²) in [6.45, 7) is 0.969. The van der Waals surface area contributed by atoms with E-state index in [1.807, 2.05) is 0 Å². The average molecular weight is 211 g/mol. The number of hydrogen-bond donors (Lipinski definition) is 1. The number of nitrogens with one attached hydrogen (secondary N) is 1. The number of methoxy groups -OCH3 is 1. The van der Waals surface area contributed by atoms with Gasteiger partial charge in [0.1, 0.15) is 6.04 Å². The van der Waals surface area contributed by atoms with Crippen LogP contribution in [0.4, 0.5) is 0 Å². The molecular weight excluding hydrogens is 190 g/mol. The van der Waals surface area contributed by atoms with Crippen molar-refractivity contribution in [3.05, 3.63) is 0 Å². The molecule has 0 aromatic carbocycles. The standard InChI is InChI=1S/C12H21NO2/c1-15-12(14)11-5-4-10(6-7-13-11)8-9-2-3-9/h9-11,13H,2-8H2,1H3/t10?,11-/m0/s1. The molecule has 2 rings (SSSR count). The summed E-state index contributed by atoms with van der Waals surface area (Å²) in [6.07, 6.45) is 7.61. The molecule has 1 aliphatic carbocycles. The van der Waals surface area contributed by atoms with Crippen LogP contribution in [0.25, 0.3) is 0 Å². The van der Waals surface area contributed by atoms with E-state index in [1.165, 1.54) is 39.2 Å². The Morgan fingerprint density at radius 1 is 1.20 bits per heavy atom. The molecule has 1 aliphatic heterocycles. The summed E-state index contributed by atoms with van der Waals surface area (Å²) in [6, 6.07) is -0.0563. The summed E-state index contributed by atoms with van der Waals surface area (Å²) in [5.74, 6) is 1.74. The minimum absolute atomic E-state index is 0.0563. The molecule has 0 aromatic rings. The molecule has 1 heterocycles. The van der Waals surface area contributed by atoms with Gasteiger partial charge in [0.2, 0.25) is 0 Å². The third-order valence-corrected chi connectivity index (χ3v) is 3.66. The highest BCUT2D eigenvalue weighted by atomic mass is 16.5. The van der Waals surface area contributed by atoms with Crippen LogP contribution in [0.15, 0.2) is 0 Å². The van der Waals surface area contributed by atoms with Crippen molar-refractivity contribution in [1.29, 1.82) is 0 Å².